The monoisotopic (exact) mass is 233 g/mol. The highest BCUT2D eigenvalue weighted by atomic mass is 16.5. The van der Waals surface area contributed by atoms with Gasteiger partial charge in [0.2, 0.25) is 0 Å². The predicted octanol–water partition coefficient (Wildman–Crippen LogP) is 2.11. The molecule has 0 bridgehead atoms. The Morgan fingerprint density at radius 2 is 2.12 bits per heavy atom. The van der Waals surface area contributed by atoms with Crippen molar-refractivity contribution >= 4 is 5.78 Å². The Morgan fingerprint density at radius 1 is 1.41 bits per heavy atom. The molecule has 0 radical (unpaired) electrons. The minimum Gasteiger partial charge on any atom is -0.379 e. The summed E-state index contributed by atoms with van der Waals surface area (Å²) in [6.07, 6.45) is 0. The fraction of sp³-hybridized carbons (Fsp3) is 0.500. The van der Waals surface area contributed by atoms with E-state index in [9.17, 15) is 4.79 Å². The minimum absolute atomic E-state index is 0.122. The van der Waals surface area contributed by atoms with E-state index in [-0.39, 0.29) is 5.78 Å². The zero-order valence-corrected chi connectivity index (χ0v) is 10.5. The zero-order chi connectivity index (χ0) is 12.3. The van der Waals surface area contributed by atoms with Crippen molar-refractivity contribution in [3.63, 3.8) is 0 Å². The average Bonchev–Trinajstić information content (AvgIpc) is 2.33. The standard InChI is InChI=1S/C14H19NO2/c1-11-10-17-8-7-15(11)9-13-3-5-14(6-4-13)12(2)16/h3-6,11H,7-10H2,1-2H3/t11-/m0/s1. The molecule has 2 rings (SSSR count). The van der Waals surface area contributed by atoms with Crippen molar-refractivity contribution < 1.29 is 9.53 Å². The summed E-state index contributed by atoms with van der Waals surface area (Å²) in [4.78, 5) is 13.6. The fourth-order valence-corrected chi connectivity index (χ4v) is 2.08. The van der Waals surface area contributed by atoms with Crippen LogP contribution in [0.15, 0.2) is 24.3 Å². The van der Waals surface area contributed by atoms with Gasteiger partial charge in [0.1, 0.15) is 0 Å². The second-order valence-corrected chi connectivity index (χ2v) is 4.65. The highest BCUT2D eigenvalue weighted by Gasteiger charge is 2.18. The van der Waals surface area contributed by atoms with Crippen molar-refractivity contribution in [2.45, 2.75) is 26.4 Å². The number of rotatable bonds is 3. The molecule has 1 aliphatic heterocycles. The normalized spacial score (nSPS) is 21.4. The van der Waals surface area contributed by atoms with Gasteiger partial charge in [-0.3, -0.25) is 9.69 Å². The molecule has 1 aliphatic rings. The van der Waals surface area contributed by atoms with Crippen molar-refractivity contribution in [1.29, 1.82) is 0 Å². The molecule has 1 aromatic carbocycles. The van der Waals surface area contributed by atoms with Gasteiger partial charge in [-0.05, 0) is 19.4 Å². The number of morpholine rings is 1. The summed E-state index contributed by atoms with van der Waals surface area (Å²) in [5.74, 6) is 0.122. The van der Waals surface area contributed by atoms with E-state index in [1.165, 1.54) is 5.56 Å². The largest absolute Gasteiger partial charge is 0.379 e. The van der Waals surface area contributed by atoms with Gasteiger partial charge in [-0.15, -0.1) is 0 Å². The third-order valence-corrected chi connectivity index (χ3v) is 3.25. The van der Waals surface area contributed by atoms with Crippen molar-refractivity contribution in [3.05, 3.63) is 35.4 Å². The lowest BCUT2D eigenvalue weighted by atomic mass is 10.1. The molecular formula is C14H19NO2. The Morgan fingerprint density at radius 3 is 2.71 bits per heavy atom. The smallest absolute Gasteiger partial charge is 0.159 e. The first kappa shape index (κ1) is 12.3. The molecule has 1 heterocycles. The van der Waals surface area contributed by atoms with E-state index < -0.39 is 0 Å². The highest BCUT2D eigenvalue weighted by Crippen LogP contribution is 2.13. The molecule has 0 aromatic heterocycles. The molecule has 1 fully saturated rings. The SMILES string of the molecule is CC(=O)c1ccc(CN2CCOC[C@@H]2C)cc1. The van der Waals surface area contributed by atoms with Gasteiger partial charge >= 0.3 is 0 Å². The van der Waals surface area contributed by atoms with E-state index in [2.05, 4.69) is 11.8 Å². The molecular weight excluding hydrogens is 214 g/mol. The van der Waals surface area contributed by atoms with E-state index >= 15 is 0 Å². The molecule has 0 amide bonds. The van der Waals surface area contributed by atoms with Crippen molar-refractivity contribution in [3.8, 4) is 0 Å². The summed E-state index contributed by atoms with van der Waals surface area (Å²) < 4.78 is 5.41. The Balaban J connectivity index is 2.00. The molecule has 1 aromatic rings. The second-order valence-electron chi connectivity index (χ2n) is 4.65. The van der Waals surface area contributed by atoms with E-state index in [0.717, 1.165) is 31.9 Å². The molecule has 92 valence electrons. The Kier molecular flexibility index (Phi) is 3.92. The molecule has 3 heteroatoms. The third-order valence-electron chi connectivity index (χ3n) is 3.25. The molecule has 0 N–H and O–H groups in total. The number of hydrogen-bond acceptors (Lipinski definition) is 3. The molecule has 3 nitrogen and oxygen atoms in total. The van der Waals surface area contributed by atoms with Crippen LogP contribution in [-0.2, 0) is 11.3 Å². The van der Waals surface area contributed by atoms with Gasteiger partial charge < -0.3 is 4.74 Å². The Bertz CT molecular complexity index is 386. The number of ether oxygens (including phenoxy) is 1. The number of hydrogen-bond donors (Lipinski definition) is 0. The van der Waals surface area contributed by atoms with Crippen LogP contribution in [0.1, 0.15) is 29.8 Å². The number of benzene rings is 1. The number of carbonyl (C=O) groups excluding carboxylic acids is 1. The molecule has 17 heavy (non-hydrogen) atoms. The molecule has 1 saturated heterocycles. The number of carbonyl (C=O) groups is 1. The molecule has 1 atom stereocenters. The first-order valence-corrected chi connectivity index (χ1v) is 6.08. The quantitative estimate of drug-likeness (QED) is 0.749. The Hall–Kier alpha value is -1.19. The van der Waals surface area contributed by atoms with Crippen LogP contribution >= 0.6 is 0 Å². The molecule has 0 saturated carbocycles. The molecule has 0 aliphatic carbocycles. The van der Waals surface area contributed by atoms with Crippen LogP contribution in [-0.4, -0.2) is 36.5 Å². The number of Topliss-reactive ketones (excluding diaryl/α,β-unsaturated/α-hetero) is 1. The van der Waals surface area contributed by atoms with Crippen molar-refractivity contribution in [2.24, 2.45) is 0 Å². The maximum absolute atomic E-state index is 11.2. The van der Waals surface area contributed by atoms with Gasteiger partial charge in [0, 0.05) is 24.7 Å². The van der Waals surface area contributed by atoms with Crippen molar-refractivity contribution in [1.82, 2.24) is 4.90 Å². The zero-order valence-electron chi connectivity index (χ0n) is 10.5. The lowest BCUT2D eigenvalue weighted by molar-refractivity contribution is -0.00436. The van der Waals surface area contributed by atoms with Crippen LogP contribution in [0.3, 0.4) is 0 Å². The molecule has 0 unspecified atom stereocenters. The van der Waals surface area contributed by atoms with Crippen LogP contribution in [0, 0.1) is 0 Å². The van der Waals surface area contributed by atoms with E-state index in [0.29, 0.717) is 6.04 Å². The fourth-order valence-electron chi connectivity index (χ4n) is 2.08. The van der Waals surface area contributed by atoms with Crippen LogP contribution < -0.4 is 0 Å². The third kappa shape index (κ3) is 3.14. The van der Waals surface area contributed by atoms with E-state index in [1.807, 2.05) is 24.3 Å². The minimum atomic E-state index is 0.122. The van der Waals surface area contributed by atoms with E-state index in [4.69, 9.17) is 4.74 Å². The van der Waals surface area contributed by atoms with Crippen LogP contribution in [0.4, 0.5) is 0 Å². The number of ketones is 1. The lowest BCUT2D eigenvalue weighted by Crippen LogP contribution is -2.42. The summed E-state index contributed by atoms with van der Waals surface area (Å²) in [6.45, 7) is 7.32. The molecule has 0 spiro atoms. The van der Waals surface area contributed by atoms with Gasteiger partial charge in [-0.25, -0.2) is 0 Å². The number of nitrogens with zero attached hydrogens (tertiary/aromatic N) is 1. The van der Waals surface area contributed by atoms with Gasteiger partial charge in [0.05, 0.1) is 13.2 Å². The maximum Gasteiger partial charge on any atom is 0.159 e. The lowest BCUT2D eigenvalue weighted by Gasteiger charge is -2.33. The topological polar surface area (TPSA) is 29.5 Å². The van der Waals surface area contributed by atoms with Crippen LogP contribution in [0.25, 0.3) is 0 Å². The van der Waals surface area contributed by atoms with Crippen molar-refractivity contribution in [2.75, 3.05) is 19.8 Å². The maximum atomic E-state index is 11.2. The first-order chi connectivity index (χ1) is 8.16. The highest BCUT2D eigenvalue weighted by molar-refractivity contribution is 5.93. The van der Waals surface area contributed by atoms with Crippen LogP contribution in [0.2, 0.25) is 0 Å². The predicted molar refractivity (Wildman–Crippen MR) is 67.1 cm³/mol. The van der Waals surface area contributed by atoms with E-state index in [1.54, 1.807) is 6.92 Å². The Labute approximate surface area is 102 Å². The summed E-state index contributed by atoms with van der Waals surface area (Å²) in [7, 11) is 0. The summed E-state index contributed by atoms with van der Waals surface area (Å²) in [6, 6.07) is 8.36. The van der Waals surface area contributed by atoms with Gasteiger partial charge in [0.25, 0.3) is 0 Å². The van der Waals surface area contributed by atoms with Crippen LogP contribution in [0.5, 0.6) is 0 Å². The average molecular weight is 233 g/mol. The second kappa shape index (κ2) is 5.43. The summed E-state index contributed by atoms with van der Waals surface area (Å²) in [5, 5.41) is 0. The summed E-state index contributed by atoms with van der Waals surface area (Å²) >= 11 is 0. The summed E-state index contributed by atoms with van der Waals surface area (Å²) in [5.41, 5.74) is 2.03. The first-order valence-electron chi connectivity index (χ1n) is 6.08. The van der Waals surface area contributed by atoms with Gasteiger partial charge in [-0.2, -0.15) is 0 Å². The van der Waals surface area contributed by atoms with Gasteiger partial charge in [-0.1, -0.05) is 24.3 Å². The van der Waals surface area contributed by atoms with Gasteiger partial charge in [0.15, 0.2) is 5.78 Å².